The molecule has 0 spiro atoms. The van der Waals surface area contributed by atoms with E-state index in [1.807, 2.05) is 0 Å². The minimum absolute atomic E-state index is 0.201. The number of carboxylic acid groups (broad SMARTS) is 1. The first kappa shape index (κ1) is 21.2. The number of hydrogen-bond acceptors (Lipinski definition) is 2. The predicted molar refractivity (Wildman–Crippen MR) is 93.0 cm³/mol. The van der Waals surface area contributed by atoms with Crippen molar-refractivity contribution in [3.8, 4) is 0 Å². The highest BCUT2D eigenvalue weighted by Crippen LogP contribution is 2.24. The van der Waals surface area contributed by atoms with Gasteiger partial charge in [0.15, 0.2) is 0 Å². The molecule has 0 aliphatic carbocycles. The van der Waals surface area contributed by atoms with Gasteiger partial charge >= 0.3 is 5.97 Å². The van der Waals surface area contributed by atoms with Gasteiger partial charge in [0.05, 0.1) is 11.5 Å². The van der Waals surface area contributed by atoms with Gasteiger partial charge in [0, 0.05) is 0 Å². The molecule has 0 radical (unpaired) electrons. The highest BCUT2D eigenvalue weighted by atomic mass is 16.4. The number of rotatable bonds is 15. The molecule has 0 amide bonds. The Hall–Kier alpha value is -0.830. The standard InChI is InChI=1S/C19H36O3/c1-4-14-17(20)15-12-10-8-6-5-7-9-11-13-16-19(2,3)18(21)22/h4,17,20H,1,5-16H2,2-3H3,(H,21,22). The summed E-state index contributed by atoms with van der Waals surface area (Å²) >= 11 is 0. The van der Waals surface area contributed by atoms with Gasteiger partial charge in [-0.25, -0.2) is 0 Å². The molecule has 0 bridgehead atoms. The molecule has 0 aliphatic heterocycles. The number of carboxylic acids is 1. The fraction of sp³-hybridized carbons (Fsp3) is 0.842. The fourth-order valence-electron chi connectivity index (χ4n) is 2.60. The predicted octanol–water partition coefficient (Wildman–Crippen LogP) is 5.33. The van der Waals surface area contributed by atoms with Crippen molar-refractivity contribution in [3.63, 3.8) is 0 Å². The summed E-state index contributed by atoms with van der Waals surface area (Å²) in [5, 5.41) is 18.6. The van der Waals surface area contributed by atoms with Gasteiger partial charge in [0.25, 0.3) is 0 Å². The molecule has 130 valence electrons. The molecule has 3 nitrogen and oxygen atoms in total. The van der Waals surface area contributed by atoms with Crippen molar-refractivity contribution in [1.29, 1.82) is 0 Å². The molecule has 1 unspecified atom stereocenters. The number of aliphatic hydroxyl groups is 1. The quantitative estimate of drug-likeness (QED) is 0.317. The molecule has 22 heavy (non-hydrogen) atoms. The van der Waals surface area contributed by atoms with Crippen LogP contribution in [0.2, 0.25) is 0 Å². The summed E-state index contributed by atoms with van der Waals surface area (Å²) in [5.41, 5.74) is -0.573. The van der Waals surface area contributed by atoms with Crippen LogP contribution in [0.25, 0.3) is 0 Å². The zero-order valence-electron chi connectivity index (χ0n) is 14.6. The van der Waals surface area contributed by atoms with Crippen LogP contribution < -0.4 is 0 Å². The number of carbonyl (C=O) groups is 1. The molecule has 3 heteroatoms. The molecule has 0 aromatic rings. The Kier molecular flexibility index (Phi) is 12.2. The molecule has 2 N–H and O–H groups in total. The molecule has 0 aromatic heterocycles. The average Bonchev–Trinajstić information content (AvgIpc) is 2.44. The maximum Gasteiger partial charge on any atom is 0.309 e. The van der Waals surface area contributed by atoms with E-state index in [2.05, 4.69) is 6.58 Å². The number of unbranched alkanes of at least 4 members (excludes halogenated alkanes) is 8. The van der Waals surface area contributed by atoms with E-state index in [0.29, 0.717) is 6.42 Å². The van der Waals surface area contributed by atoms with E-state index in [9.17, 15) is 9.90 Å². The van der Waals surface area contributed by atoms with Gasteiger partial charge in [0.1, 0.15) is 0 Å². The van der Waals surface area contributed by atoms with Crippen LogP contribution in [0, 0.1) is 5.41 Å². The summed E-state index contributed by atoms with van der Waals surface area (Å²) in [4.78, 5) is 11.0. The van der Waals surface area contributed by atoms with Crippen LogP contribution in [0.3, 0.4) is 0 Å². The van der Waals surface area contributed by atoms with Crippen LogP contribution in [0.5, 0.6) is 0 Å². The zero-order valence-corrected chi connectivity index (χ0v) is 14.6. The lowest BCUT2D eigenvalue weighted by Crippen LogP contribution is -2.23. The first-order valence-electron chi connectivity index (χ1n) is 8.92. The number of aliphatic carboxylic acids is 1. The Morgan fingerprint density at radius 1 is 1.00 bits per heavy atom. The molecule has 0 rings (SSSR count). The van der Waals surface area contributed by atoms with Crippen molar-refractivity contribution in [2.45, 2.75) is 97.0 Å². The Bertz CT molecular complexity index is 297. The molecule has 0 saturated heterocycles. The normalized spacial score (nSPS) is 13.0. The lowest BCUT2D eigenvalue weighted by atomic mass is 9.87. The van der Waals surface area contributed by atoms with Crippen molar-refractivity contribution in [2.75, 3.05) is 0 Å². The van der Waals surface area contributed by atoms with Gasteiger partial charge in [-0.2, -0.15) is 0 Å². The maximum atomic E-state index is 11.0. The average molecular weight is 312 g/mol. The minimum Gasteiger partial charge on any atom is -0.481 e. The maximum absolute atomic E-state index is 11.0. The highest BCUT2D eigenvalue weighted by Gasteiger charge is 2.25. The summed E-state index contributed by atoms with van der Waals surface area (Å²) < 4.78 is 0. The second-order valence-electron chi connectivity index (χ2n) is 7.09. The molecule has 0 fully saturated rings. The molecule has 0 aromatic carbocycles. The van der Waals surface area contributed by atoms with E-state index in [4.69, 9.17) is 5.11 Å². The second-order valence-corrected chi connectivity index (χ2v) is 7.09. The van der Waals surface area contributed by atoms with Crippen molar-refractivity contribution in [2.24, 2.45) is 5.41 Å². The third-order valence-electron chi connectivity index (χ3n) is 4.36. The van der Waals surface area contributed by atoms with Gasteiger partial charge in [0.2, 0.25) is 0 Å². The number of hydrogen-bond donors (Lipinski definition) is 2. The van der Waals surface area contributed by atoms with Gasteiger partial charge in [-0.05, 0) is 33.1 Å². The molecular weight excluding hydrogens is 276 g/mol. The van der Waals surface area contributed by atoms with Crippen molar-refractivity contribution >= 4 is 5.97 Å². The Morgan fingerprint density at radius 2 is 1.45 bits per heavy atom. The molecule has 0 saturated carbocycles. The van der Waals surface area contributed by atoms with Crippen LogP contribution in [0.15, 0.2) is 12.7 Å². The lowest BCUT2D eigenvalue weighted by Gasteiger charge is -2.18. The van der Waals surface area contributed by atoms with Gasteiger partial charge in [-0.1, -0.05) is 63.9 Å². The van der Waals surface area contributed by atoms with Crippen LogP contribution in [-0.4, -0.2) is 22.3 Å². The fourth-order valence-corrected chi connectivity index (χ4v) is 2.60. The monoisotopic (exact) mass is 312 g/mol. The zero-order chi connectivity index (χ0) is 16.8. The van der Waals surface area contributed by atoms with Crippen LogP contribution in [0.4, 0.5) is 0 Å². The smallest absolute Gasteiger partial charge is 0.309 e. The Morgan fingerprint density at radius 3 is 1.91 bits per heavy atom. The molecular formula is C19H36O3. The SMILES string of the molecule is C=CCC(O)CCCCCCCCCCCC(C)(C)C(=O)O. The first-order valence-corrected chi connectivity index (χ1v) is 8.92. The third-order valence-corrected chi connectivity index (χ3v) is 4.36. The number of aliphatic hydroxyl groups excluding tert-OH is 1. The molecule has 0 heterocycles. The van der Waals surface area contributed by atoms with E-state index in [1.54, 1.807) is 19.9 Å². The topological polar surface area (TPSA) is 57.5 Å². The first-order chi connectivity index (χ1) is 10.4. The van der Waals surface area contributed by atoms with Crippen molar-refractivity contribution < 1.29 is 15.0 Å². The van der Waals surface area contributed by atoms with E-state index in [1.165, 1.54) is 38.5 Å². The Labute approximate surface area is 136 Å². The molecule has 0 aliphatic rings. The summed E-state index contributed by atoms with van der Waals surface area (Å²) in [6.07, 6.45) is 14.7. The van der Waals surface area contributed by atoms with E-state index in [-0.39, 0.29) is 6.10 Å². The van der Waals surface area contributed by atoms with E-state index in [0.717, 1.165) is 32.1 Å². The van der Waals surface area contributed by atoms with Crippen LogP contribution in [-0.2, 0) is 4.79 Å². The van der Waals surface area contributed by atoms with E-state index < -0.39 is 11.4 Å². The second kappa shape index (κ2) is 12.7. The summed E-state index contributed by atoms with van der Waals surface area (Å²) in [7, 11) is 0. The summed E-state index contributed by atoms with van der Waals surface area (Å²) in [5.74, 6) is -0.689. The molecule has 1 atom stereocenters. The largest absolute Gasteiger partial charge is 0.481 e. The minimum atomic E-state index is -0.689. The van der Waals surface area contributed by atoms with Crippen molar-refractivity contribution in [3.05, 3.63) is 12.7 Å². The van der Waals surface area contributed by atoms with Gasteiger partial charge < -0.3 is 10.2 Å². The van der Waals surface area contributed by atoms with Gasteiger partial charge in [-0.15, -0.1) is 6.58 Å². The highest BCUT2D eigenvalue weighted by molar-refractivity contribution is 5.73. The summed E-state index contributed by atoms with van der Waals surface area (Å²) in [6.45, 7) is 7.25. The van der Waals surface area contributed by atoms with Crippen LogP contribution in [0.1, 0.15) is 90.9 Å². The van der Waals surface area contributed by atoms with Crippen molar-refractivity contribution in [1.82, 2.24) is 0 Å². The lowest BCUT2D eigenvalue weighted by molar-refractivity contribution is -0.147. The Balaban J connectivity index is 3.27. The third kappa shape index (κ3) is 11.8. The van der Waals surface area contributed by atoms with E-state index >= 15 is 0 Å². The summed E-state index contributed by atoms with van der Waals surface area (Å²) in [6, 6.07) is 0. The van der Waals surface area contributed by atoms with Crippen LogP contribution >= 0.6 is 0 Å². The van der Waals surface area contributed by atoms with Gasteiger partial charge in [-0.3, -0.25) is 4.79 Å².